The van der Waals surface area contributed by atoms with Crippen molar-refractivity contribution < 1.29 is 17.9 Å². The fraction of sp³-hybridized carbons (Fsp3) is 0.312. The van der Waals surface area contributed by atoms with Crippen molar-refractivity contribution in [2.24, 2.45) is 5.73 Å². The van der Waals surface area contributed by atoms with Gasteiger partial charge in [-0.2, -0.15) is 4.37 Å². The minimum absolute atomic E-state index is 0.143. The first-order valence-electron chi connectivity index (χ1n) is 7.91. The second-order valence-corrected chi connectivity index (χ2v) is 8.33. The first-order chi connectivity index (χ1) is 12.8. The quantitative estimate of drug-likeness (QED) is 0.584. The largest absolute Gasteiger partial charge is 0.465 e. The number of nitrogens with one attached hydrogen (secondary N) is 1. The molecule has 0 bridgehead atoms. The maximum absolute atomic E-state index is 12.2. The van der Waals surface area contributed by atoms with Gasteiger partial charge >= 0.3 is 5.97 Å². The van der Waals surface area contributed by atoms with Gasteiger partial charge in [-0.05, 0) is 17.2 Å². The van der Waals surface area contributed by atoms with E-state index in [9.17, 15) is 13.2 Å². The summed E-state index contributed by atoms with van der Waals surface area (Å²) in [6.07, 6.45) is 3.49. The average Bonchev–Trinajstić information content (AvgIpc) is 3.01. The van der Waals surface area contributed by atoms with Crippen LogP contribution in [0.5, 0.6) is 0 Å². The molecule has 1 heterocycles. The maximum Gasteiger partial charge on any atom is 0.302 e. The molecular weight excluding hydrogens is 412 g/mol. The summed E-state index contributed by atoms with van der Waals surface area (Å²) in [5.41, 5.74) is 7.19. The molecule has 27 heavy (non-hydrogen) atoms. The number of rotatable bonds is 9. The van der Waals surface area contributed by atoms with E-state index >= 15 is 0 Å². The molecule has 1 aromatic heterocycles. The molecule has 0 aliphatic rings. The number of nitrogens with two attached hydrogens (primary N) is 1. The Kier molecular flexibility index (Phi) is 7.72. The van der Waals surface area contributed by atoms with Crippen LogP contribution in [0.25, 0.3) is 6.08 Å². The normalized spacial score (nSPS) is 11.7. The highest BCUT2D eigenvalue weighted by Crippen LogP contribution is 2.21. The van der Waals surface area contributed by atoms with E-state index in [2.05, 4.69) is 14.1 Å². The van der Waals surface area contributed by atoms with Crippen LogP contribution >= 0.6 is 23.1 Å². The molecule has 0 saturated heterocycles. The van der Waals surface area contributed by atoms with Gasteiger partial charge in [0.15, 0.2) is 0 Å². The Morgan fingerprint density at radius 2 is 2.22 bits per heavy atom. The fourth-order valence-corrected chi connectivity index (χ4v) is 4.11. The Labute approximate surface area is 166 Å². The summed E-state index contributed by atoms with van der Waals surface area (Å²) in [5.74, 6) is -0.234. The number of aromatic nitrogens is 2. The van der Waals surface area contributed by atoms with Crippen LogP contribution in [0.1, 0.15) is 23.9 Å². The van der Waals surface area contributed by atoms with Crippen molar-refractivity contribution in [2.75, 3.05) is 17.1 Å². The summed E-state index contributed by atoms with van der Waals surface area (Å²) < 4.78 is 35.6. The van der Waals surface area contributed by atoms with E-state index in [1.54, 1.807) is 18.2 Å². The SMILES string of the molecule is CC(=O)OCCc1nsc(NS(=O)(=O)CC=Cc2cccc(Cl)c2CN)n1. The van der Waals surface area contributed by atoms with Crippen LogP contribution < -0.4 is 10.5 Å². The first-order valence-corrected chi connectivity index (χ1v) is 10.7. The van der Waals surface area contributed by atoms with Gasteiger partial charge in [-0.25, -0.2) is 13.4 Å². The maximum atomic E-state index is 12.2. The second kappa shape index (κ2) is 9.79. The molecule has 0 saturated carbocycles. The molecule has 0 amide bonds. The van der Waals surface area contributed by atoms with Crippen molar-refractivity contribution in [1.82, 2.24) is 9.36 Å². The van der Waals surface area contributed by atoms with Gasteiger partial charge in [0.05, 0.1) is 12.4 Å². The zero-order valence-electron chi connectivity index (χ0n) is 14.5. The van der Waals surface area contributed by atoms with E-state index in [0.717, 1.165) is 22.7 Å². The number of benzene rings is 1. The molecule has 2 aromatic rings. The number of ether oxygens (including phenoxy) is 1. The lowest BCUT2D eigenvalue weighted by molar-refractivity contribution is -0.140. The molecule has 0 aliphatic heterocycles. The average molecular weight is 431 g/mol. The Morgan fingerprint density at radius 1 is 1.44 bits per heavy atom. The van der Waals surface area contributed by atoms with Gasteiger partial charge in [-0.1, -0.05) is 35.9 Å². The summed E-state index contributed by atoms with van der Waals surface area (Å²) in [7, 11) is -3.63. The van der Waals surface area contributed by atoms with Crippen LogP contribution in [0.4, 0.5) is 5.13 Å². The Morgan fingerprint density at radius 3 is 2.93 bits per heavy atom. The van der Waals surface area contributed by atoms with Gasteiger partial charge in [0.1, 0.15) is 5.82 Å². The van der Waals surface area contributed by atoms with Crippen LogP contribution in [0, 0.1) is 0 Å². The Bertz CT molecular complexity index is 928. The molecule has 2 rings (SSSR count). The van der Waals surface area contributed by atoms with Crippen LogP contribution in [0.15, 0.2) is 24.3 Å². The minimum atomic E-state index is -3.63. The van der Waals surface area contributed by atoms with Crippen molar-refractivity contribution in [3.05, 3.63) is 46.2 Å². The molecular formula is C16H19ClN4O4S2. The highest BCUT2D eigenvalue weighted by Gasteiger charge is 2.13. The number of carbonyl (C=O) groups excluding carboxylic acids is 1. The first kappa shape index (κ1) is 21.3. The summed E-state index contributed by atoms with van der Waals surface area (Å²) in [4.78, 5) is 14.8. The van der Waals surface area contributed by atoms with Gasteiger partial charge in [0, 0.05) is 36.4 Å². The summed E-state index contributed by atoms with van der Waals surface area (Å²) >= 11 is 7.00. The number of anilines is 1. The second-order valence-electron chi connectivity index (χ2n) is 5.40. The smallest absolute Gasteiger partial charge is 0.302 e. The summed E-state index contributed by atoms with van der Waals surface area (Å²) in [5, 5.41) is 0.697. The van der Waals surface area contributed by atoms with Crippen molar-refractivity contribution in [2.45, 2.75) is 19.9 Å². The van der Waals surface area contributed by atoms with Gasteiger partial charge < -0.3 is 10.5 Å². The minimum Gasteiger partial charge on any atom is -0.465 e. The molecule has 1 aromatic carbocycles. The van der Waals surface area contributed by atoms with Crippen LogP contribution in [0.2, 0.25) is 5.02 Å². The lowest BCUT2D eigenvalue weighted by Gasteiger charge is -2.05. The summed E-state index contributed by atoms with van der Waals surface area (Å²) in [6.45, 7) is 1.71. The third-order valence-corrected chi connectivity index (χ3v) is 5.60. The van der Waals surface area contributed by atoms with E-state index in [-0.39, 0.29) is 24.0 Å². The highest BCUT2D eigenvalue weighted by molar-refractivity contribution is 7.93. The number of hydrogen-bond donors (Lipinski definition) is 2. The van der Waals surface area contributed by atoms with E-state index in [1.165, 1.54) is 13.0 Å². The lowest BCUT2D eigenvalue weighted by atomic mass is 10.1. The zero-order valence-corrected chi connectivity index (χ0v) is 16.9. The Hall–Kier alpha value is -2.01. The molecule has 0 radical (unpaired) electrons. The molecule has 0 atom stereocenters. The topological polar surface area (TPSA) is 124 Å². The van der Waals surface area contributed by atoms with E-state index in [0.29, 0.717) is 17.3 Å². The highest BCUT2D eigenvalue weighted by atomic mass is 35.5. The third kappa shape index (κ3) is 6.90. The molecule has 11 heteroatoms. The predicted molar refractivity (Wildman–Crippen MR) is 106 cm³/mol. The third-order valence-electron chi connectivity index (χ3n) is 3.31. The number of sulfonamides is 1. The number of esters is 1. The van der Waals surface area contributed by atoms with Gasteiger partial charge in [0.2, 0.25) is 15.2 Å². The van der Waals surface area contributed by atoms with Gasteiger partial charge in [0.25, 0.3) is 0 Å². The standard InChI is InChI=1S/C16H19ClN4O4S2/c1-11(22)25-8-7-15-19-16(26-20-15)21-27(23,24)9-3-5-12-4-2-6-14(17)13(12)10-18/h2-6H,7-10,18H2,1H3,(H,19,20,21). The molecule has 0 spiro atoms. The van der Waals surface area contributed by atoms with Crippen molar-refractivity contribution in [3.63, 3.8) is 0 Å². The van der Waals surface area contributed by atoms with Crippen LogP contribution in [0.3, 0.4) is 0 Å². The number of hydrogen-bond acceptors (Lipinski definition) is 8. The fourth-order valence-electron chi connectivity index (χ4n) is 2.11. The van der Waals surface area contributed by atoms with E-state index in [4.69, 9.17) is 22.1 Å². The zero-order chi connectivity index (χ0) is 19.9. The number of carbonyl (C=O) groups is 1. The lowest BCUT2D eigenvalue weighted by Crippen LogP contribution is -2.15. The molecule has 8 nitrogen and oxygen atoms in total. The van der Waals surface area contributed by atoms with E-state index in [1.807, 2.05) is 6.07 Å². The van der Waals surface area contributed by atoms with Crippen molar-refractivity contribution in [1.29, 1.82) is 0 Å². The van der Waals surface area contributed by atoms with Crippen LogP contribution in [-0.4, -0.2) is 36.1 Å². The van der Waals surface area contributed by atoms with Crippen molar-refractivity contribution >= 4 is 50.3 Å². The molecule has 3 N–H and O–H groups in total. The molecule has 0 unspecified atom stereocenters. The number of halogens is 1. The summed E-state index contributed by atoms with van der Waals surface area (Å²) in [6, 6.07) is 5.31. The van der Waals surface area contributed by atoms with E-state index < -0.39 is 16.0 Å². The Balaban J connectivity index is 1.95. The molecule has 146 valence electrons. The van der Waals surface area contributed by atoms with Gasteiger partial charge in [-0.15, -0.1) is 0 Å². The van der Waals surface area contributed by atoms with Gasteiger partial charge in [-0.3, -0.25) is 9.52 Å². The predicted octanol–water partition coefficient (Wildman–Crippen LogP) is 2.21. The molecule has 0 aliphatic carbocycles. The van der Waals surface area contributed by atoms with Crippen molar-refractivity contribution in [3.8, 4) is 0 Å². The molecule has 0 fully saturated rings. The van der Waals surface area contributed by atoms with Crippen LogP contribution in [-0.2, 0) is 32.5 Å². The monoisotopic (exact) mass is 430 g/mol. The number of nitrogens with zero attached hydrogens (tertiary/aromatic N) is 2.